The summed E-state index contributed by atoms with van der Waals surface area (Å²) < 4.78 is 0. The Balaban J connectivity index is 1.50. The van der Waals surface area contributed by atoms with E-state index in [-0.39, 0.29) is 11.7 Å². The molecule has 2 aliphatic carbocycles. The number of aromatic nitrogens is 2. The first-order valence-electron chi connectivity index (χ1n) is 8.71. The average Bonchev–Trinajstić information content (AvgIpc) is 3.41. The Morgan fingerprint density at radius 1 is 1.44 bits per heavy atom. The van der Waals surface area contributed by atoms with Gasteiger partial charge in [-0.25, -0.2) is 9.97 Å². The number of nitriles is 1. The van der Waals surface area contributed by atoms with Crippen molar-refractivity contribution < 1.29 is 4.79 Å². The highest BCUT2D eigenvalue weighted by Gasteiger charge is 2.42. The lowest BCUT2D eigenvalue weighted by atomic mass is 9.97. The number of nitrogens with one attached hydrogen (secondary N) is 1. The third-order valence-electron chi connectivity index (χ3n) is 5.08. The molecule has 0 aromatic carbocycles. The monoisotopic (exact) mass is 372 g/mol. The maximum atomic E-state index is 12.4. The molecule has 7 heteroatoms. The summed E-state index contributed by atoms with van der Waals surface area (Å²) in [5.41, 5.74) is 0.648. The van der Waals surface area contributed by atoms with Gasteiger partial charge in [-0.1, -0.05) is 11.8 Å². The number of hydrogen-bond donors (Lipinski definition) is 1. The minimum atomic E-state index is -0.736. The van der Waals surface area contributed by atoms with E-state index in [1.54, 1.807) is 17.7 Å². The van der Waals surface area contributed by atoms with E-state index in [0.29, 0.717) is 5.92 Å². The van der Waals surface area contributed by atoms with Crippen LogP contribution in [0.5, 0.6) is 0 Å². The summed E-state index contributed by atoms with van der Waals surface area (Å²) in [6, 6.07) is 2.27. The highest BCUT2D eigenvalue weighted by molar-refractivity contribution is 8.00. The van der Waals surface area contributed by atoms with Crippen LogP contribution in [0.1, 0.15) is 43.0 Å². The van der Waals surface area contributed by atoms with Gasteiger partial charge in [0.1, 0.15) is 21.7 Å². The lowest BCUT2D eigenvalue weighted by Gasteiger charge is -2.22. The summed E-state index contributed by atoms with van der Waals surface area (Å²) in [7, 11) is 0. The van der Waals surface area contributed by atoms with Gasteiger partial charge in [-0.3, -0.25) is 4.79 Å². The summed E-state index contributed by atoms with van der Waals surface area (Å²) >= 11 is 3.22. The van der Waals surface area contributed by atoms with E-state index in [1.165, 1.54) is 35.0 Å². The number of thioether (sulfide) groups is 1. The van der Waals surface area contributed by atoms with Gasteiger partial charge in [0.15, 0.2) is 0 Å². The number of nitrogens with zero attached hydrogens (tertiary/aromatic N) is 3. The zero-order chi connectivity index (χ0) is 17.4. The maximum absolute atomic E-state index is 12.4. The van der Waals surface area contributed by atoms with Crippen molar-refractivity contribution in [1.82, 2.24) is 15.3 Å². The van der Waals surface area contributed by atoms with Crippen LogP contribution in [0.3, 0.4) is 0 Å². The first kappa shape index (κ1) is 16.8. The summed E-state index contributed by atoms with van der Waals surface area (Å²) in [6.45, 7) is 1.82. The molecule has 0 bridgehead atoms. The summed E-state index contributed by atoms with van der Waals surface area (Å²) in [5, 5.41) is 14.3. The summed E-state index contributed by atoms with van der Waals surface area (Å²) in [6.07, 6.45) is 8.29. The van der Waals surface area contributed by atoms with Crippen molar-refractivity contribution in [3.05, 3.63) is 16.8 Å². The molecule has 0 aliphatic heterocycles. The van der Waals surface area contributed by atoms with Crippen LogP contribution in [-0.4, -0.2) is 27.2 Å². The van der Waals surface area contributed by atoms with Crippen molar-refractivity contribution in [1.29, 1.82) is 5.26 Å². The fourth-order valence-corrected chi connectivity index (χ4v) is 5.63. The molecule has 2 heterocycles. The Hall–Kier alpha value is -1.65. The van der Waals surface area contributed by atoms with Gasteiger partial charge in [-0.15, -0.1) is 11.3 Å². The Bertz CT molecular complexity index is 868. The second kappa shape index (κ2) is 6.58. The van der Waals surface area contributed by atoms with Crippen molar-refractivity contribution in [2.45, 2.75) is 56.0 Å². The largest absolute Gasteiger partial charge is 0.337 e. The molecule has 1 N–H and O–H groups in total. The number of carbonyl (C=O) groups excluding carboxylic acids is 1. The predicted octanol–water partition coefficient (Wildman–Crippen LogP) is 3.47. The maximum Gasteiger partial charge on any atom is 0.231 e. The smallest absolute Gasteiger partial charge is 0.231 e. The molecule has 2 aliphatic rings. The summed E-state index contributed by atoms with van der Waals surface area (Å²) in [4.78, 5) is 23.7. The fraction of sp³-hybridized carbons (Fsp3) is 0.556. The zero-order valence-corrected chi connectivity index (χ0v) is 15.8. The molecule has 1 amide bonds. The molecule has 5 nitrogen and oxygen atoms in total. The van der Waals surface area contributed by atoms with Crippen LogP contribution in [0.4, 0.5) is 0 Å². The van der Waals surface area contributed by atoms with E-state index in [1.807, 2.05) is 6.92 Å². The molecule has 2 aromatic heterocycles. The minimum Gasteiger partial charge on any atom is -0.337 e. The van der Waals surface area contributed by atoms with Crippen molar-refractivity contribution in [3.8, 4) is 6.07 Å². The Labute approximate surface area is 155 Å². The number of thiophene rings is 1. The lowest BCUT2D eigenvalue weighted by molar-refractivity contribution is -0.119. The van der Waals surface area contributed by atoms with E-state index >= 15 is 0 Å². The highest BCUT2D eigenvalue weighted by atomic mass is 32.2. The van der Waals surface area contributed by atoms with Gasteiger partial charge >= 0.3 is 0 Å². The van der Waals surface area contributed by atoms with Crippen molar-refractivity contribution in [2.75, 3.05) is 5.75 Å². The quantitative estimate of drug-likeness (QED) is 0.642. The minimum absolute atomic E-state index is 0.100. The molecule has 2 aromatic rings. The van der Waals surface area contributed by atoms with Gasteiger partial charge in [0.25, 0.3) is 0 Å². The molecular weight excluding hydrogens is 352 g/mol. The van der Waals surface area contributed by atoms with Gasteiger partial charge in [-0.2, -0.15) is 5.26 Å². The van der Waals surface area contributed by atoms with Crippen LogP contribution in [-0.2, 0) is 17.6 Å². The number of amides is 1. The number of rotatable bonds is 5. The average molecular weight is 373 g/mol. The van der Waals surface area contributed by atoms with E-state index in [9.17, 15) is 10.1 Å². The van der Waals surface area contributed by atoms with Gasteiger partial charge < -0.3 is 5.32 Å². The zero-order valence-electron chi connectivity index (χ0n) is 14.2. The van der Waals surface area contributed by atoms with Gasteiger partial charge in [0.05, 0.1) is 11.8 Å². The second-order valence-corrected chi connectivity index (χ2v) is 9.04. The van der Waals surface area contributed by atoms with Crippen LogP contribution in [0.15, 0.2) is 11.4 Å². The predicted molar refractivity (Wildman–Crippen MR) is 99.7 cm³/mol. The summed E-state index contributed by atoms with van der Waals surface area (Å²) in [5.74, 6) is 0.471. The van der Waals surface area contributed by atoms with E-state index in [2.05, 4.69) is 21.4 Å². The number of carbonyl (C=O) groups is 1. The van der Waals surface area contributed by atoms with E-state index in [0.717, 1.165) is 40.9 Å². The van der Waals surface area contributed by atoms with Crippen molar-refractivity contribution in [3.63, 3.8) is 0 Å². The normalized spacial score (nSPS) is 19.0. The molecule has 0 spiro atoms. The first-order chi connectivity index (χ1) is 12.1. The Morgan fingerprint density at radius 2 is 2.24 bits per heavy atom. The lowest BCUT2D eigenvalue weighted by Crippen LogP contribution is -2.47. The second-order valence-electron chi connectivity index (χ2n) is 7.00. The topological polar surface area (TPSA) is 78.7 Å². The van der Waals surface area contributed by atoms with Crippen LogP contribution in [0, 0.1) is 17.2 Å². The molecule has 25 heavy (non-hydrogen) atoms. The van der Waals surface area contributed by atoms with Gasteiger partial charge in [-0.05, 0) is 56.9 Å². The Morgan fingerprint density at radius 3 is 3.00 bits per heavy atom. The molecule has 1 saturated carbocycles. The molecule has 1 atom stereocenters. The third-order valence-corrected chi connectivity index (χ3v) is 7.27. The van der Waals surface area contributed by atoms with Crippen LogP contribution < -0.4 is 5.32 Å². The van der Waals surface area contributed by atoms with Crippen molar-refractivity contribution in [2.24, 2.45) is 5.92 Å². The molecule has 4 rings (SSSR count). The standard InChI is InChI=1S/C18H20N4OS2/c1-18(9-19,11-6-7-11)22-14(23)8-24-16-15-12-4-2-3-5-13(12)25-17(15)21-10-20-16/h10-11H,2-8H2,1H3,(H,22,23)/t18-/m0/s1. The Kier molecular flexibility index (Phi) is 4.42. The number of hydrogen-bond acceptors (Lipinski definition) is 6. The van der Waals surface area contributed by atoms with Gasteiger partial charge in [0.2, 0.25) is 5.91 Å². The fourth-order valence-electron chi connectivity index (χ4n) is 3.51. The molecule has 130 valence electrons. The van der Waals surface area contributed by atoms with E-state index < -0.39 is 5.54 Å². The van der Waals surface area contributed by atoms with Crippen LogP contribution in [0.25, 0.3) is 10.2 Å². The van der Waals surface area contributed by atoms with Crippen molar-refractivity contribution >= 4 is 39.2 Å². The molecule has 0 unspecified atom stereocenters. The van der Waals surface area contributed by atoms with Crippen LogP contribution in [0.2, 0.25) is 0 Å². The third kappa shape index (κ3) is 3.25. The highest BCUT2D eigenvalue weighted by Crippen LogP contribution is 2.40. The molecule has 0 radical (unpaired) electrons. The first-order valence-corrected chi connectivity index (χ1v) is 10.5. The number of fused-ring (bicyclic) bond motifs is 3. The number of aryl methyl sites for hydroxylation is 2. The molecule has 0 saturated heterocycles. The van der Waals surface area contributed by atoms with Gasteiger partial charge in [0, 0.05) is 10.3 Å². The van der Waals surface area contributed by atoms with E-state index in [4.69, 9.17) is 0 Å². The SMILES string of the molecule is C[C@@](C#N)(NC(=O)CSc1ncnc2sc3c(c12)CCCC3)C1CC1. The molecule has 1 fully saturated rings. The molecular formula is C18H20N4OS2. The van der Waals surface area contributed by atoms with Crippen LogP contribution >= 0.6 is 23.1 Å².